The first-order valence-electron chi connectivity index (χ1n) is 9.21. The molecule has 26 heavy (non-hydrogen) atoms. The molecule has 0 aliphatic carbocycles. The zero-order valence-corrected chi connectivity index (χ0v) is 16.6. The van der Waals surface area contributed by atoms with Crippen LogP contribution in [0.2, 0.25) is 0 Å². The van der Waals surface area contributed by atoms with Gasteiger partial charge in [-0.15, -0.1) is 0 Å². The molecule has 0 aromatic rings. The van der Waals surface area contributed by atoms with Gasteiger partial charge in [-0.05, 0) is 32.6 Å². The summed E-state index contributed by atoms with van der Waals surface area (Å²) in [7, 11) is 0. The molecule has 7 heteroatoms. The Balaban J connectivity index is -0.000000305. The number of ketones is 2. The minimum Gasteiger partial charge on any atom is -0.359 e. The fraction of sp³-hybridized carbons (Fsp3) is 0.737. The SMILES string of the molecule is C=O.CCCC(=O)CCCC(C)=O.CCCCNC=O.O=C1CCCN1. The molecule has 0 aromatic carbocycles. The van der Waals surface area contributed by atoms with E-state index in [0.717, 1.165) is 58.0 Å². The number of Topliss-reactive ketones (excluding diaryl/α,β-unsaturated/α-hetero) is 2. The largest absolute Gasteiger partial charge is 0.359 e. The van der Waals surface area contributed by atoms with E-state index in [0.29, 0.717) is 19.3 Å². The van der Waals surface area contributed by atoms with Crippen molar-refractivity contribution >= 4 is 30.7 Å². The zero-order chi connectivity index (χ0) is 20.6. The second-order valence-electron chi connectivity index (χ2n) is 5.72. The van der Waals surface area contributed by atoms with Gasteiger partial charge < -0.3 is 20.2 Å². The number of amides is 2. The van der Waals surface area contributed by atoms with Gasteiger partial charge in [-0.2, -0.15) is 0 Å². The minimum absolute atomic E-state index is 0.175. The maximum Gasteiger partial charge on any atom is 0.220 e. The number of hydrogen-bond donors (Lipinski definition) is 2. The lowest BCUT2D eigenvalue weighted by Gasteiger charge is -1.95. The smallest absolute Gasteiger partial charge is 0.220 e. The Kier molecular flexibility index (Phi) is 27.8. The standard InChI is InChI=1S/C9H16O2.C5H11NO.C4H7NO.CH2O/c1-3-5-9(11)7-4-6-8(2)10;1-2-3-4-6-5-7;6-4-2-1-3-5-4;1-2/h3-7H2,1-2H3;5H,2-4H2,1H3,(H,6,7);1-3H2,(H,5,6);1H2. The highest BCUT2D eigenvalue weighted by molar-refractivity contribution is 5.80. The topological polar surface area (TPSA) is 109 Å². The van der Waals surface area contributed by atoms with Gasteiger partial charge in [0, 0.05) is 38.8 Å². The summed E-state index contributed by atoms with van der Waals surface area (Å²) in [6.07, 6.45) is 8.15. The summed E-state index contributed by atoms with van der Waals surface area (Å²) < 4.78 is 0. The summed E-state index contributed by atoms with van der Waals surface area (Å²) in [5.41, 5.74) is 0. The predicted molar refractivity (Wildman–Crippen MR) is 103 cm³/mol. The second kappa shape index (κ2) is 25.2. The molecule has 1 aliphatic heterocycles. The van der Waals surface area contributed by atoms with Crippen LogP contribution in [0.5, 0.6) is 0 Å². The second-order valence-corrected chi connectivity index (χ2v) is 5.72. The number of carbonyl (C=O) groups is 5. The molecule has 1 fully saturated rings. The quantitative estimate of drug-likeness (QED) is 0.452. The summed E-state index contributed by atoms with van der Waals surface area (Å²) in [6, 6.07) is 0. The molecule has 0 bridgehead atoms. The van der Waals surface area contributed by atoms with Crippen LogP contribution in [0.4, 0.5) is 0 Å². The van der Waals surface area contributed by atoms with Gasteiger partial charge in [0.05, 0.1) is 0 Å². The van der Waals surface area contributed by atoms with E-state index >= 15 is 0 Å². The van der Waals surface area contributed by atoms with E-state index in [1.54, 1.807) is 6.92 Å². The monoisotopic (exact) mass is 372 g/mol. The lowest BCUT2D eigenvalue weighted by atomic mass is 10.1. The van der Waals surface area contributed by atoms with Gasteiger partial charge >= 0.3 is 0 Å². The average Bonchev–Trinajstić information content (AvgIpc) is 3.09. The number of hydrogen-bond acceptors (Lipinski definition) is 5. The maximum absolute atomic E-state index is 10.9. The molecular weight excluding hydrogens is 336 g/mol. The molecule has 0 spiro atoms. The highest BCUT2D eigenvalue weighted by Gasteiger charge is 2.05. The van der Waals surface area contributed by atoms with E-state index in [-0.39, 0.29) is 17.5 Å². The van der Waals surface area contributed by atoms with Crippen LogP contribution in [-0.4, -0.2) is 43.8 Å². The Bertz CT molecular complexity index is 365. The number of nitrogens with one attached hydrogen (secondary N) is 2. The fourth-order valence-corrected chi connectivity index (χ4v) is 1.84. The van der Waals surface area contributed by atoms with Crippen molar-refractivity contribution in [3.63, 3.8) is 0 Å². The Labute approximate surface area is 157 Å². The Hall–Kier alpha value is -2.05. The van der Waals surface area contributed by atoms with Crippen molar-refractivity contribution < 1.29 is 24.0 Å². The van der Waals surface area contributed by atoms with E-state index in [9.17, 15) is 19.2 Å². The van der Waals surface area contributed by atoms with E-state index in [1.165, 1.54) is 0 Å². The van der Waals surface area contributed by atoms with Crippen molar-refractivity contribution in [2.75, 3.05) is 13.1 Å². The van der Waals surface area contributed by atoms with Crippen molar-refractivity contribution in [3.8, 4) is 0 Å². The average molecular weight is 373 g/mol. The van der Waals surface area contributed by atoms with E-state index in [4.69, 9.17) is 4.79 Å². The molecule has 1 saturated heterocycles. The van der Waals surface area contributed by atoms with Gasteiger partial charge in [0.15, 0.2) is 0 Å². The lowest BCUT2D eigenvalue weighted by molar-refractivity contribution is -0.120. The first kappa shape index (κ1) is 28.7. The van der Waals surface area contributed by atoms with Gasteiger partial charge in [0.25, 0.3) is 0 Å². The molecule has 7 nitrogen and oxygen atoms in total. The van der Waals surface area contributed by atoms with E-state index in [1.807, 2.05) is 13.7 Å². The van der Waals surface area contributed by atoms with Crippen LogP contribution in [0, 0.1) is 0 Å². The third-order valence-electron chi connectivity index (χ3n) is 3.17. The summed E-state index contributed by atoms with van der Waals surface area (Å²) in [4.78, 5) is 49.1. The van der Waals surface area contributed by atoms with Gasteiger partial charge in [-0.1, -0.05) is 20.3 Å². The molecule has 2 N–H and O–H groups in total. The molecule has 0 radical (unpaired) electrons. The predicted octanol–water partition coefficient (Wildman–Crippen LogP) is 2.36. The zero-order valence-electron chi connectivity index (χ0n) is 16.6. The van der Waals surface area contributed by atoms with Crippen molar-refractivity contribution in [1.29, 1.82) is 0 Å². The van der Waals surface area contributed by atoms with Crippen LogP contribution in [0.25, 0.3) is 0 Å². The van der Waals surface area contributed by atoms with Gasteiger partial charge in [0.2, 0.25) is 12.3 Å². The number of rotatable bonds is 10. The van der Waals surface area contributed by atoms with Crippen LogP contribution < -0.4 is 10.6 Å². The van der Waals surface area contributed by atoms with Crippen LogP contribution in [0.1, 0.15) is 78.6 Å². The molecule has 152 valence electrons. The Morgan fingerprint density at radius 1 is 1.12 bits per heavy atom. The highest BCUT2D eigenvalue weighted by Crippen LogP contribution is 2.01. The van der Waals surface area contributed by atoms with Crippen LogP contribution in [0.15, 0.2) is 0 Å². The first-order valence-corrected chi connectivity index (χ1v) is 9.21. The van der Waals surface area contributed by atoms with E-state index in [2.05, 4.69) is 17.6 Å². The van der Waals surface area contributed by atoms with Crippen molar-refractivity contribution in [2.24, 2.45) is 0 Å². The molecule has 0 aromatic heterocycles. The van der Waals surface area contributed by atoms with Gasteiger partial charge in [0.1, 0.15) is 18.4 Å². The third kappa shape index (κ3) is 29.9. The van der Waals surface area contributed by atoms with Crippen LogP contribution in [0.3, 0.4) is 0 Å². The first-order chi connectivity index (χ1) is 12.5. The molecule has 0 atom stereocenters. The van der Waals surface area contributed by atoms with E-state index < -0.39 is 0 Å². The van der Waals surface area contributed by atoms with Crippen molar-refractivity contribution in [1.82, 2.24) is 10.6 Å². The van der Waals surface area contributed by atoms with Crippen molar-refractivity contribution in [2.45, 2.75) is 78.6 Å². The fourth-order valence-electron chi connectivity index (χ4n) is 1.84. The van der Waals surface area contributed by atoms with Gasteiger partial charge in [-0.25, -0.2) is 0 Å². The lowest BCUT2D eigenvalue weighted by Crippen LogP contribution is -2.12. The normalized spacial score (nSPS) is 11.3. The van der Waals surface area contributed by atoms with Crippen LogP contribution >= 0.6 is 0 Å². The Morgan fingerprint density at radius 3 is 2.12 bits per heavy atom. The summed E-state index contributed by atoms with van der Waals surface area (Å²) in [5, 5.41) is 5.25. The maximum atomic E-state index is 10.9. The van der Waals surface area contributed by atoms with Gasteiger partial charge in [-0.3, -0.25) is 14.4 Å². The molecule has 2 amide bonds. The number of unbranched alkanes of at least 4 members (excludes halogenated alkanes) is 1. The Morgan fingerprint density at radius 2 is 1.77 bits per heavy atom. The molecular formula is C19H36N2O5. The summed E-state index contributed by atoms with van der Waals surface area (Å²) in [5.74, 6) is 0.665. The summed E-state index contributed by atoms with van der Waals surface area (Å²) in [6.45, 7) is 9.35. The molecule has 0 unspecified atom stereocenters. The van der Waals surface area contributed by atoms with Crippen LogP contribution in [-0.2, 0) is 24.0 Å². The minimum atomic E-state index is 0.175. The summed E-state index contributed by atoms with van der Waals surface area (Å²) >= 11 is 0. The molecule has 1 rings (SSSR count). The molecule has 1 aliphatic rings. The number of carbonyl (C=O) groups excluding carboxylic acids is 5. The third-order valence-corrected chi connectivity index (χ3v) is 3.17. The molecule has 1 heterocycles. The molecule has 0 saturated carbocycles. The van der Waals surface area contributed by atoms with Crippen molar-refractivity contribution in [3.05, 3.63) is 0 Å². The highest BCUT2D eigenvalue weighted by atomic mass is 16.2.